The SMILES string of the molecule is O=C(O)C(Cc1ccccc1)NC(=O)C1CC(c2ccc(F)cc2)=NO1. The summed E-state index contributed by atoms with van der Waals surface area (Å²) < 4.78 is 13.0. The molecule has 0 spiro atoms. The molecular formula is C19H17FN2O4. The Morgan fingerprint density at radius 1 is 1.19 bits per heavy atom. The summed E-state index contributed by atoms with van der Waals surface area (Å²) in [5.41, 5.74) is 1.97. The normalized spacial score (nSPS) is 17.1. The van der Waals surface area contributed by atoms with Crippen LogP contribution in [-0.2, 0) is 20.8 Å². The molecule has 6 nitrogen and oxygen atoms in total. The lowest BCUT2D eigenvalue weighted by Gasteiger charge is -2.16. The first kappa shape index (κ1) is 17.6. The molecule has 0 aromatic heterocycles. The van der Waals surface area contributed by atoms with Crippen molar-refractivity contribution in [1.82, 2.24) is 5.32 Å². The van der Waals surface area contributed by atoms with Gasteiger partial charge in [-0.15, -0.1) is 0 Å². The molecule has 2 aromatic carbocycles. The van der Waals surface area contributed by atoms with Crippen molar-refractivity contribution in [2.75, 3.05) is 0 Å². The second-order valence-electron chi connectivity index (χ2n) is 5.93. The van der Waals surface area contributed by atoms with Crippen LogP contribution in [0.3, 0.4) is 0 Å². The monoisotopic (exact) mass is 356 g/mol. The van der Waals surface area contributed by atoms with Gasteiger partial charge in [-0.25, -0.2) is 9.18 Å². The van der Waals surface area contributed by atoms with Crippen LogP contribution in [0, 0.1) is 5.82 Å². The zero-order valence-electron chi connectivity index (χ0n) is 13.8. The molecule has 3 rings (SSSR count). The average Bonchev–Trinajstić information content (AvgIpc) is 3.13. The highest BCUT2D eigenvalue weighted by molar-refractivity contribution is 6.04. The van der Waals surface area contributed by atoms with Gasteiger partial charge in [-0.3, -0.25) is 4.79 Å². The summed E-state index contributed by atoms with van der Waals surface area (Å²) in [4.78, 5) is 28.9. The highest BCUT2D eigenvalue weighted by Gasteiger charge is 2.32. The Bertz CT molecular complexity index is 821. The maximum Gasteiger partial charge on any atom is 0.326 e. The molecule has 2 N–H and O–H groups in total. The van der Waals surface area contributed by atoms with Crippen molar-refractivity contribution in [2.45, 2.75) is 25.0 Å². The summed E-state index contributed by atoms with van der Waals surface area (Å²) in [6, 6.07) is 13.7. The van der Waals surface area contributed by atoms with Crippen LogP contribution in [0.25, 0.3) is 0 Å². The summed E-state index contributed by atoms with van der Waals surface area (Å²) in [6.45, 7) is 0. The number of carbonyl (C=O) groups is 2. The molecule has 2 atom stereocenters. The van der Waals surface area contributed by atoms with Crippen LogP contribution in [-0.4, -0.2) is 34.8 Å². The average molecular weight is 356 g/mol. The molecule has 1 heterocycles. The second-order valence-corrected chi connectivity index (χ2v) is 5.93. The number of nitrogens with one attached hydrogen (secondary N) is 1. The number of hydrogen-bond acceptors (Lipinski definition) is 4. The summed E-state index contributed by atoms with van der Waals surface area (Å²) in [7, 11) is 0. The quantitative estimate of drug-likeness (QED) is 0.830. The fraction of sp³-hybridized carbons (Fsp3) is 0.211. The number of oxime groups is 1. The van der Waals surface area contributed by atoms with E-state index in [-0.39, 0.29) is 18.7 Å². The van der Waals surface area contributed by atoms with E-state index in [9.17, 15) is 19.1 Å². The lowest BCUT2D eigenvalue weighted by atomic mass is 10.0. The number of benzene rings is 2. The van der Waals surface area contributed by atoms with Gasteiger partial charge in [-0.1, -0.05) is 47.6 Å². The summed E-state index contributed by atoms with van der Waals surface area (Å²) in [5, 5.41) is 15.7. The van der Waals surface area contributed by atoms with Crippen LogP contribution in [0.4, 0.5) is 4.39 Å². The molecule has 0 fully saturated rings. The van der Waals surface area contributed by atoms with E-state index in [1.54, 1.807) is 36.4 Å². The third kappa shape index (κ3) is 4.24. The van der Waals surface area contributed by atoms with Crippen molar-refractivity contribution in [3.8, 4) is 0 Å². The van der Waals surface area contributed by atoms with Crippen LogP contribution >= 0.6 is 0 Å². The van der Waals surface area contributed by atoms with Crippen LogP contribution in [0.15, 0.2) is 59.8 Å². The number of hydrogen-bond donors (Lipinski definition) is 2. The van der Waals surface area contributed by atoms with Gasteiger partial charge in [-0.2, -0.15) is 0 Å². The third-order valence-electron chi connectivity index (χ3n) is 4.04. The zero-order chi connectivity index (χ0) is 18.5. The molecule has 1 amide bonds. The molecule has 0 saturated heterocycles. The lowest BCUT2D eigenvalue weighted by molar-refractivity contribution is -0.143. The first-order chi connectivity index (χ1) is 12.5. The van der Waals surface area contributed by atoms with Crippen molar-refractivity contribution >= 4 is 17.6 Å². The highest BCUT2D eigenvalue weighted by atomic mass is 19.1. The number of rotatable bonds is 6. The van der Waals surface area contributed by atoms with Gasteiger partial charge in [-0.05, 0) is 23.3 Å². The van der Waals surface area contributed by atoms with Crippen LogP contribution in [0.5, 0.6) is 0 Å². The largest absolute Gasteiger partial charge is 0.480 e. The van der Waals surface area contributed by atoms with E-state index in [0.29, 0.717) is 11.3 Å². The van der Waals surface area contributed by atoms with Gasteiger partial charge in [0.1, 0.15) is 11.9 Å². The first-order valence-corrected chi connectivity index (χ1v) is 8.08. The number of halogens is 1. The van der Waals surface area contributed by atoms with Crippen molar-refractivity contribution in [3.05, 3.63) is 71.5 Å². The summed E-state index contributed by atoms with van der Waals surface area (Å²) >= 11 is 0. The van der Waals surface area contributed by atoms with Gasteiger partial charge in [0.05, 0.1) is 5.71 Å². The van der Waals surface area contributed by atoms with Gasteiger partial charge in [0.25, 0.3) is 5.91 Å². The van der Waals surface area contributed by atoms with E-state index in [1.165, 1.54) is 12.1 Å². The van der Waals surface area contributed by atoms with Crippen molar-refractivity contribution in [3.63, 3.8) is 0 Å². The molecule has 0 aliphatic carbocycles. The van der Waals surface area contributed by atoms with Crippen LogP contribution < -0.4 is 5.32 Å². The second kappa shape index (κ2) is 7.77. The minimum absolute atomic E-state index is 0.167. The Morgan fingerprint density at radius 3 is 2.54 bits per heavy atom. The Hall–Kier alpha value is -3.22. The standard InChI is InChI=1S/C19H17FN2O4/c20-14-8-6-13(7-9-14)15-11-17(26-22-15)18(23)21-16(19(24)25)10-12-4-2-1-3-5-12/h1-9,16-17H,10-11H2,(H,21,23)(H,24,25). The predicted molar refractivity (Wildman–Crippen MR) is 92.1 cm³/mol. The van der Waals surface area contributed by atoms with E-state index in [2.05, 4.69) is 10.5 Å². The Labute approximate surface area is 149 Å². The Morgan fingerprint density at radius 2 is 1.88 bits per heavy atom. The Balaban J connectivity index is 1.60. The predicted octanol–water partition coefficient (Wildman–Crippen LogP) is 2.13. The molecule has 2 unspecified atom stereocenters. The molecular weight excluding hydrogens is 339 g/mol. The van der Waals surface area contributed by atoms with Gasteiger partial charge < -0.3 is 15.3 Å². The molecule has 26 heavy (non-hydrogen) atoms. The van der Waals surface area contributed by atoms with E-state index in [0.717, 1.165) is 5.56 Å². The van der Waals surface area contributed by atoms with Crippen molar-refractivity contribution in [1.29, 1.82) is 0 Å². The first-order valence-electron chi connectivity index (χ1n) is 8.08. The lowest BCUT2D eigenvalue weighted by Crippen LogP contribution is -2.46. The van der Waals surface area contributed by atoms with Crippen molar-refractivity contribution < 1.29 is 23.9 Å². The van der Waals surface area contributed by atoms with Gasteiger partial charge in [0.15, 0.2) is 0 Å². The fourth-order valence-corrected chi connectivity index (χ4v) is 2.65. The van der Waals surface area contributed by atoms with Gasteiger partial charge in [0.2, 0.25) is 6.10 Å². The number of carbonyl (C=O) groups excluding carboxylic acids is 1. The van der Waals surface area contributed by atoms with E-state index in [4.69, 9.17) is 4.84 Å². The smallest absolute Gasteiger partial charge is 0.326 e. The molecule has 0 bridgehead atoms. The molecule has 7 heteroatoms. The zero-order valence-corrected chi connectivity index (χ0v) is 13.8. The minimum atomic E-state index is -1.13. The maximum atomic E-state index is 13.0. The third-order valence-corrected chi connectivity index (χ3v) is 4.04. The summed E-state index contributed by atoms with van der Waals surface area (Å²) in [5.74, 6) is -2.04. The van der Waals surface area contributed by atoms with E-state index in [1.807, 2.05) is 6.07 Å². The fourth-order valence-electron chi connectivity index (χ4n) is 2.65. The van der Waals surface area contributed by atoms with E-state index >= 15 is 0 Å². The number of nitrogens with zero attached hydrogens (tertiary/aromatic N) is 1. The van der Waals surface area contributed by atoms with E-state index < -0.39 is 24.0 Å². The highest BCUT2D eigenvalue weighted by Crippen LogP contribution is 2.17. The molecule has 134 valence electrons. The molecule has 0 saturated carbocycles. The molecule has 2 aromatic rings. The molecule has 1 aliphatic heterocycles. The van der Waals surface area contributed by atoms with Gasteiger partial charge >= 0.3 is 5.97 Å². The Kier molecular flexibility index (Phi) is 5.26. The summed E-state index contributed by atoms with van der Waals surface area (Å²) in [6.07, 6.45) is -0.553. The number of aliphatic carboxylic acids is 1. The van der Waals surface area contributed by atoms with Crippen molar-refractivity contribution in [2.24, 2.45) is 5.16 Å². The van der Waals surface area contributed by atoms with Crippen LogP contribution in [0.2, 0.25) is 0 Å². The maximum absolute atomic E-state index is 13.0. The molecule has 1 aliphatic rings. The van der Waals surface area contributed by atoms with Gasteiger partial charge in [0, 0.05) is 12.8 Å². The number of carboxylic acids is 1. The minimum Gasteiger partial charge on any atom is -0.480 e. The number of amides is 1. The molecule has 0 radical (unpaired) electrons. The van der Waals surface area contributed by atoms with Crippen LogP contribution in [0.1, 0.15) is 17.5 Å². The topological polar surface area (TPSA) is 88.0 Å². The number of carboxylic acid groups (broad SMARTS) is 1.